The number of likely N-dealkylation sites (tertiary alicyclic amines) is 1. The second kappa shape index (κ2) is 11.1. The summed E-state index contributed by atoms with van der Waals surface area (Å²) in [6, 6.07) is 11.7. The van der Waals surface area contributed by atoms with Gasteiger partial charge in [0.1, 0.15) is 18.2 Å². The predicted octanol–water partition coefficient (Wildman–Crippen LogP) is 4.52. The van der Waals surface area contributed by atoms with Gasteiger partial charge in [-0.15, -0.1) is 0 Å². The third kappa shape index (κ3) is 4.76. The molecule has 0 radical (unpaired) electrons. The Kier molecular flexibility index (Phi) is 7.36. The van der Waals surface area contributed by atoms with E-state index in [1.165, 1.54) is 0 Å². The Bertz CT molecular complexity index is 1530. The molecular weight excluding hydrogens is 582 g/mol. The number of halogens is 1. The van der Waals surface area contributed by atoms with Gasteiger partial charge in [0, 0.05) is 16.8 Å². The molecule has 5 aliphatic rings. The molecule has 1 aliphatic carbocycles. The average Bonchev–Trinajstić information content (AvgIpc) is 3.65. The van der Waals surface area contributed by atoms with E-state index in [0.717, 1.165) is 24.8 Å². The molecule has 2 saturated heterocycles. The molecule has 2 aromatic carbocycles. The Hall–Kier alpha value is -3.56. The fraction of sp³-hybridized carbons (Fsp3) is 0.500. The molecule has 1 saturated carbocycles. The van der Waals surface area contributed by atoms with E-state index >= 15 is 0 Å². The number of ether oxygens (including phenoxy) is 3. The molecule has 10 heteroatoms. The van der Waals surface area contributed by atoms with Gasteiger partial charge >= 0.3 is 0 Å². The van der Waals surface area contributed by atoms with Crippen molar-refractivity contribution in [3.05, 3.63) is 65.2 Å². The third-order valence-electron chi connectivity index (χ3n) is 10.4. The van der Waals surface area contributed by atoms with E-state index < -0.39 is 35.7 Å². The number of fused-ring (bicyclic) bond motifs is 2. The van der Waals surface area contributed by atoms with Crippen molar-refractivity contribution < 1.29 is 28.6 Å². The quantitative estimate of drug-likeness (QED) is 0.461. The van der Waals surface area contributed by atoms with Crippen LogP contribution in [0.15, 0.2) is 54.6 Å². The third-order valence-corrected chi connectivity index (χ3v) is 10.8. The van der Waals surface area contributed by atoms with Crippen LogP contribution in [0.25, 0.3) is 0 Å². The second-order valence-electron chi connectivity index (χ2n) is 13.0. The zero-order valence-electron chi connectivity index (χ0n) is 25.1. The van der Waals surface area contributed by atoms with Crippen LogP contribution in [0.2, 0.25) is 5.02 Å². The highest BCUT2D eigenvalue weighted by molar-refractivity contribution is 6.31. The monoisotopic (exact) mass is 619 g/mol. The Morgan fingerprint density at radius 1 is 1.09 bits per heavy atom. The van der Waals surface area contributed by atoms with Crippen molar-refractivity contribution in [1.29, 1.82) is 0 Å². The Morgan fingerprint density at radius 2 is 1.89 bits per heavy atom. The summed E-state index contributed by atoms with van der Waals surface area (Å²) in [6.07, 6.45) is 5.57. The van der Waals surface area contributed by atoms with Gasteiger partial charge in [-0.25, -0.2) is 0 Å². The van der Waals surface area contributed by atoms with Crippen LogP contribution < -0.4 is 20.1 Å². The number of nitrogens with zero attached hydrogens (tertiary/aromatic N) is 1. The summed E-state index contributed by atoms with van der Waals surface area (Å²) >= 11 is 6.31. The maximum absolute atomic E-state index is 14.4. The van der Waals surface area contributed by atoms with Crippen LogP contribution in [-0.2, 0) is 19.1 Å². The maximum atomic E-state index is 14.4. The molecule has 0 unspecified atom stereocenters. The smallest absolute Gasteiger partial charge is 0.246 e. The topological polar surface area (TPSA) is 106 Å². The van der Waals surface area contributed by atoms with Gasteiger partial charge in [0.15, 0.2) is 17.6 Å². The van der Waals surface area contributed by atoms with Crippen molar-refractivity contribution in [2.45, 2.75) is 69.9 Å². The Morgan fingerprint density at radius 3 is 2.68 bits per heavy atom. The van der Waals surface area contributed by atoms with Crippen LogP contribution in [0.1, 0.15) is 38.7 Å². The van der Waals surface area contributed by atoms with Gasteiger partial charge in [-0.05, 0) is 55.0 Å². The van der Waals surface area contributed by atoms with Crippen molar-refractivity contribution in [3.63, 3.8) is 0 Å². The van der Waals surface area contributed by atoms with Crippen LogP contribution >= 0.6 is 11.6 Å². The highest BCUT2D eigenvalue weighted by atomic mass is 35.5. The molecule has 232 valence electrons. The van der Waals surface area contributed by atoms with Gasteiger partial charge in [0.2, 0.25) is 17.7 Å². The number of hydrogen-bond donors (Lipinski definition) is 2. The second-order valence-corrected chi connectivity index (χ2v) is 13.4. The number of para-hydroxylation sites is 2. The first-order valence-corrected chi connectivity index (χ1v) is 16.0. The van der Waals surface area contributed by atoms with E-state index in [9.17, 15) is 14.4 Å². The lowest BCUT2D eigenvalue weighted by molar-refractivity contribution is -0.143. The summed E-state index contributed by atoms with van der Waals surface area (Å²) in [5.74, 6) is -0.580. The van der Waals surface area contributed by atoms with Gasteiger partial charge in [0.25, 0.3) is 0 Å². The van der Waals surface area contributed by atoms with Crippen LogP contribution in [0.3, 0.4) is 0 Å². The molecule has 0 aromatic heterocycles. The van der Waals surface area contributed by atoms with Crippen molar-refractivity contribution in [3.8, 4) is 11.5 Å². The molecule has 3 amide bonds. The van der Waals surface area contributed by atoms with Crippen molar-refractivity contribution in [2.75, 3.05) is 18.5 Å². The zero-order valence-corrected chi connectivity index (χ0v) is 25.9. The first-order chi connectivity index (χ1) is 21.2. The first-order valence-electron chi connectivity index (χ1n) is 15.6. The molecule has 2 bridgehead atoms. The largest absolute Gasteiger partial charge is 0.486 e. The van der Waals surface area contributed by atoms with Crippen molar-refractivity contribution >= 4 is 35.0 Å². The SMILES string of the molecule is Cc1ccc(NC(=O)[C@H]2[C@H]3C=C[C@@]4(O3)[C@H]2C(=O)N(C[C@@H]2COc3ccccc3O2)[C@@H]4C(=O)N[C@@H]2CCC[C@@H](C)[C@@H]2C)cc1Cl. The number of benzene rings is 2. The summed E-state index contributed by atoms with van der Waals surface area (Å²) in [5.41, 5.74) is 0.161. The first kappa shape index (κ1) is 29.2. The molecule has 1 spiro atoms. The minimum Gasteiger partial charge on any atom is -0.486 e. The number of aryl methyl sites for hydroxylation is 1. The number of nitrogens with one attached hydrogen (secondary N) is 2. The van der Waals surface area contributed by atoms with E-state index in [-0.39, 0.29) is 36.9 Å². The lowest BCUT2D eigenvalue weighted by Crippen LogP contribution is -2.59. The van der Waals surface area contributed by atoms with Gasteiger partial charge in [-0.3, -0.25) is 14.4 Å². The van der Waals surface area contributed by atoms with Crippen LogP contribution in [0.5, 0.6) is 11.5 Å². The molecule has 9 nitrogen and oxygen atoms in total. The zero-order chi connectivity index (χ0) is 30.7. The van der Waals surface area contributed by atoms with Crippen molar-refractivity contribution in [1.82, 2.24) is 10.2 Å². The Labute approximate surface area is 262 Å². The van der Waals surface area contributed by atoms with E-state index in [1.807, 2.05) is 49.4 Å². The molecular formula is C34H38ClN3O6. The number of carbonyl (C=O) groups is 3. The van der Waals surface area contributed by atoms with E-state index in [0.29, 0.717) is 34.0 Å². The van der Waals surface area contributed by atoms with Crippen LogP contribution in [0, 0.1) is 30.6 Å². The number of hydrogen-bond acceptors (Lipinski definition) is 6. The molecule has 2 N–H and O–H groups in total. The maximum Gasteiger partial charge on any atom is 0.246 e. The number of carbonyl (C=O) groups excluding carboxylic acids is 3. The van der Waals surface area contributed by atoms with Gasteiger partial charge in [-0.1, -0.05) is 68.6 Å². The normalized spacial score (nSPS) is 35.0. The highest BCUT2D eigenvalue weighted by Gasteiger charge is 2.73. The lowest BCUT2D eigenvalue weighted by Gasteiger charge is -2.38. The molecule has 4 aliphatic heterocycles. The molecule has 9 atom stereocenters. The summed E-state index contributed by atoms with van der Waals surface area (Å²) < 4.78 is 18.7. The fourth-order valence-electron chi connectivity index (χ4n) is 7.78. The van der Waals surface area contributed by atoms with Crippen LogP contribution in [-0.4, -0.2) is 65.7 Å². The lowest BCUT2D eigenvalue weighted by atomic mass is 9.73. The van der Waals surface area contributed by atoms with E-state index in [2.05, 4.69) is 24.5 Å². The minimum atomic E-state index is -1.27. The van der Waals surface area contributed by atoms with Gasteiger partial charge in [0.05, 0.1) is 24.5 Å². The number of rotatable bonds is 6. The van der Waals surface area contributed by atoms with E-state index in [1.54, 1.807) is 17.0 Å². The Balaban J connectivity index is 1.19. The summed E-state index contributed by atoms with van der Waals surface area (Å²) in [7, 11) is 0. The minimum absolute atomic E-state index is 0.00671. The summed E-state index contributed by atoms with van der Waals surface area (Å²) in [6.45, 7) is 6.62. The fourth-order valence-corrected chi connectivity index (χ4v) is 7.96. The molecule has 44 heavy (non-hydrogen) atoms. The van der Waals surface area contributed by atoms with Gasteiger partial charge in [-0.2, -0.15) is 0 Å². The number of amides is 3. The average molecular weight is 620 g/mol. The summed E-state index contributed by atoms with van der Waals surface area (Å²) in [4.78, 5) is 44.1. The molecule has 4 heterocycles. The van der Waals surface area contributed by atoms with E-state index in [4.69, 9.17) is 25.8 Å². The summed E-state index contributed by atoms with van der Waals surface area (Å²) in [5, 5.41) is 6.77. The molecule has 3 fully saturated rings. The highest BCUT2D eigenvalue weighted by Crippen LogP contribution is 2.55. The van der Waals surface area contributed by atoms with Gasteiger partial charge < -0.3 is 29.7 Å². The predicted molar refractivity (Wildman–Crippen MR) is 165 cm³/mol. The standard InChI is InChI=1S/C34H38ClN3O6/c1-18-7-6-8-24(20(18)3)37-32(40)30-34-14-13-27(44-34)28(31(39)36-21-12-11-19(2)23(35)15-21)29(34)33(41)38(30)16-22-17-42-25-9-4-5-10-26(25)43-22/h4-5,9-15,18,20,22,24,27-30H,6-8,16-17H2,1-3H3,(H,36,39)(H,37,40)/t18-,20+,22-,24-,27-,28+,29-,30-,34-/m1/s1. The van der Waals surface area contributed by atoms with Crippen molar-refractivity contribution in [2.24, 2.45) is 23.7 Å². The molecule has 2 aromatic rings. The molecule has 7 rings (SSSR count). The van der Waals surface area contributed by atoms with Crippen LogP contribution in [0.4, 0.5) is 5.69 Å². The number of anilines is 1.